The van der Waals surface area contributed by atoms with E-state index in [1.54, 1.807) is 0 Å². The highest BCUT2D eigenvalue weighted by Gasteiger charge is 2.12. The molecule has 1 unspecified atom stereocenters. The Morgan fingerprint density at radius 1 is 1.10 bits per heavy atom. The summed E-state index contributed by atoms with van der Waals surface area (Å²) in [6.45, 7) is 3.87. The molecule has 0 saturated carbocycles. The maximum atomic E-state index is 12.1. The average molecular weight is 380 g/mol. The minimum absolute atomic E-state index is 0.0484. The molecule has 0 bridgehead atoms. The van der Waals surface area contributed by atoms with E-state index in [0.717, 1.165) is 14.9 Å². The molecule has 2 aromatic rings. The highest BCUT2D eigenvalue weighted by Crippen LogP contribution is 2.14. The summed E-state index contributed by atoms with van der Waals surface area (Å²) in [6, 6.07) is 15.4. The smallest absolute Gasteiger partial charge is 0.246 e. The highest BCUT2D eigenvalue weighted by atomic mass is 127. The molecule has 1 amide bonds. The Bertz CT molecular complexity index is 596. The molecule has 1 atom stereocenters. The predicted molar refractivity (Wildman–Crippen MR) is 92.1 cm³/mol. The molecule has 0 radical (unpaired) electrons. The lowest BCUT2D eigenvalue weighted by molar-refractivity contribution is -0.116. The number of nitrogens with one attached hydrogen (secondary N) is 2. The lowest BCUT2D eigenvalue weighted by atomic mass is 10.2. The lowest BCUT2D eigenvalue weighted by Gasteiger charge is -2.15. The Kier molecular flexibility index (Phi) is 5.00. The van der Waals surface area contributed by atoms with Crippen molar-refractivity contribution in [2.75, 3.05) is 10.6 Å². The molecule has 0 aromatic heterocycles. The van der Waals surface area contributed by atoms with E-state index in [1.807, 2.05) is 62.4 Å². The Morgan fingerprint density at radius 2 is 1.80 bits per heavy atom. The van der Waals surface area contributed by atoms with Crippen LogP contribution in [-0.4, -0.2) is 11.9 Å². The van der Waals surface area contributed by atoms with Crippen LogP contribution in [0.3, 0.4) is 0 Å². The number of hydrogen-bond acceptors (Lipinski definition) is 2. The van der Waals surface area contributed by atoms with Crippen LogP contribution in [0.4, 0.5) is 11.4 Å². The van der Waals surface area contributed by atoms with E-state index in [2.05, 4.69) is 33.2 Å². The second-order valence-electron chi connectivity index (χ2n) is 4.73. The van der Waals surface area contributed by atoms with Crippen molar-refractivity contribution in [2.24, 2.45) is 0 Å². The minimum atomic E-state index is -0.297. The fraction of sp³-hybridized carbons (Fsp3) is 0.188. The molecule has 0 aliphatic carbocycles. The van der Waals surface area contributed by atoms with Gasteiger partial charge in [0.15, 0.2) is 0 Å². The predicted octanol–water partition coefficient (Wildman–Crippen LogP) is 4.04. The molecular weight excluding hydrogens is 363 g/mol. The first-order chi connectivity index (χ1) is 9.54. The van der Waals surface area contributed by atoms with Crippen LogP contribution in [0.2, 0.25) is 0 Å². The van der Waals surface area contributed by atoms with E-state index in [9.17, 15) is 4.79 Å². The van der Waals surface area contributed by atoms with Crippen molar-refractivity contribution in [1.82, 2.24) is 0 Å². The van der Waals surface area contributed by atoms with Gasteiger partial charge >= 0.3 is 0 Å². The average Bonchev–Trinajstić information content (AvgIpc) is 2.41. The van der Waals surface area contributed by atoms with Crippen molar-refractivity contribution in [1.29, 1.82) is 0 Å². The Hall–Kier alpha value is -1.56. The van der Waals surface area contributed by atoms with Crippen LogP contribution < -0.4 is 10.6 Å². The maximum Gasteiger partial charge on any atom is 0.246 e. The largest absolute Gasteiger partial charge is 0.374 e. The van der Waals surface area contributed by atoms with Crippen LogP contribution in [0.1, 0.15) is 12.5 Å². The standard InChI is InChI=1S/C16H17IN2O/c1-11-6-8-14(9-7-11)19-16(20)12(2)18-15-5-3-4-13(17)10-15/h3-10,12,18H,1-2H3,(H,19,20). The van der Waals surface area contributed by atoms with Gasteiger partial charge < -0.3 is 10.6 Å². The van der Waals surface area contributed by atoms with Gasteiger partial charge in [-0.1, -0.05) is 23.8 Å². The van der Waals surface area contributed by atoms with Gasteiger partial charge in [-0.3, -0.25) is 4.79 Å². The van der Waals surface area contributed by atoms with E-state index in [-0.39, 0.29) is 11.9 Å². The summed E-state index contributed by atoms with van der Waals surface area (Å²) in [4.78, 5) is 12.1. The van der Waals surface area contributed by atoms with Crippen LogP contribution in [-0.2, 0) is 4.79 Å². The normalized spacial score (nSPS) is 11.8. The number of rotatable bonds is 4. The van der Waals surface area contributed by atoms with Gasteiger partial charge in [-0.2, -0.15) is 0 Å². The topological polar surface area (TPSA) is 41.1 Å². The lowest BCUT2D eigenvalue weighted by Crippen LogP contribution is -2.31. The van der Waals surface area contributed by atoms with Crippen molar-refractivity contribution in [3.63, 3.8) is 0 Å². The summed E-state index contributed by atoms with van der Waals surface area (Å²) in [7, 11) is 0. The van der Waals surface area contributed by atoms with E-state index in [1.165, 1.54) is 5.56 Å². The Labute approximate surface area is 132 Å². The monoisotopic (exact) mass is 380 g/mol. The van der Waals surface area contributed by atoms with E-state index in [0.29, 0.717) is 0 Å². The summed E-state index contributed by atoms with van der Waals surface area (Å²) in [6.07, 6.45) is 0. The van der Waals surface area contributed by atoms with Gasteiger partial charge in [0.05, 0.1) is 0 Å². The van der Waals surface area contributed by atoms with Gasteiger partial charge in [0.2, 0.25) is 5.91 Å². The quantitative estimate of drug-likeness (QED) is 0.787. The van der Waals surface area contributed by atoms with Crippen LogP contribution in [0, 0.1) is 10.5 Å². The van der Waals surface area contributed by atoms with Crippen LogP contribution >= 0.6 is 22.6 Å². The van der Waals surface area contributed by atoms with Crippen molar-refractivity contribution in [3.05, 3.63) is 57.7 Å². The molecule has 2 rings (SSSR count). The summed E-state index contributed by atoms with van der Waals surface area (Å²) in [5.41, 5.74) is 2.94. The third kappa shape index (κ3) is 4.23. The van der Waals surface area contributed by atoms with E-state index < -0.39 is 0 Å². The highest BCUT2D eigenvalue weighted by molar-refractivity contribution is 14.1. The van der Waals surface area contributed by atoms with Crippen molar-refractivity contribution < 1.29 is 4.79 Å². The van der Waals surface area contributed by atoms with Gasteiger partial charge in [0.25, 0.3) is 0 Å². The zero-order chi connectivity index (χ0) is 14.5. The van der Waals surface area contributed by atoms with Gasteiger partial charge in [0, 0.05) is 14.9 Å². The number of carbonyl (C=O) groups excluding carboxylic acids is 1. The van der Waals surface area contributed by atoms with Crippen molar-refractivity contribution >= 4 is 39.9 Å². The number of hydrogen-bond donors (Lipinski definition) is 2. The zero-order valence-corrected chi connectivity index (χ0v) is 13.6. The molecule has 20 heavy (non-hydrogen) atoms. The number of amides is 1. The third-order valence-corrected chi connectivity index (χ3v) is 3.59. The summed E-state index contributed by atoms with van der Waals surface area (Å²) < 4.78 is 1.14. The molecule has 2 N–H and O–H groups in total. The number of anilines is 2. The minimum Gasteiger partial charge on any atom is -0.374 e. The number of carbonyl (C=O) groups is 1. The summed E-state index contributed by atoms with van der Waals surface area (Å²) in [5.74, 6) is -0.0484. The van der Waals surface area contributed by atoms with Crippen LogP contribution in [0.25, 0.3) is 0 Å². The molecule has 0 aliphatic heterocycles. The molecule has 0 aliphatic rings. The van der Waals surface area contributed by atoms with E-state index >= 15 is 0 Å². The second-order valence-corrected chi connectivity index (χ2v) is 5.98. The Morgan fingerprint density at radius 3 is 2.45 bits per heavy atom. The first-order valence-electron chi connectivity index (χ1n) is 6.44. The zero-order valence-electron chi connectivity index (χ0n) is 11.5. The van der Waals surface area contributed by atoms with Gasteiger partial charge in [-0.25, -0.2) is 0 Å². The van der Waals surface area contributed by atoms with Crippen LogP contribution in [0.5, 0.6) is 0 Å². The van der Waals surface area contributed by atoms with Gasteiger partial charge in [-0.05, 0) is 66.8 Å². The molecule has 3 nitrogen and oxygen atoms in total. The first-order valence-corrected chi connectivity index (χ1v) is 7.52. The molecule has 0 spiro atoms. The molecule has 0 saturated heterocycles. The Balaban J connectivity index is 1.96. The first kappa shape index (κ1) is 14.8. The SMILES string of the molecule is Cc1ccc(NC(=O)C(C)Nc2cccc(I)c2)cc1. The van der Waals surface area contributed by atoms with Crippen LogP contribution in [0.15, 0.2) is 48.5 Å². The van der Waals surface area contributed by atoms with Crippen molar-refractivity contribution in [2.45, 2.75) is 19.9 Å². The fourth-order valence-corrected chi connectivity index (χ4v) is 2.32. The summed E-state index contributed by atoms with van der Waals surface area (Å²) >= 11 is 2.25. The summed E-state index contributed by atoms with van der Waals surface area (Å²) in [5, 5.41) is 6.10. The molecular formula is C16H17IN2O. The number of aryl methyl sites for hydroxylation is 1. The van der Waals surface area contributed by atoms with Gasteiger partial charge in [-0.15, -0.1) is 0 Å². The molecule has 0 fully saturated rings. The third-order valence-electron chi connectivity index (χ3n) is 2.92. The maximum absolute atomic E-state index is 12.1. The molecule has 104 valence electrons. The van der Waals surface area contributed by atoms with Gasteiger partial charge in [0.1, 0.15) is 6.04 Å². The van der Waals surface area contributed by atoms with Crippen molar-refractivity contribution in [3.8, 4) is 0 Å². The molecule has 4 heteroatoms. The second kappa shape index (κ2) is 6.74. The number of halogens is 1. The fourth-order valence-electron chi connectivity index (χ4n) is 1.78. The molecule has 2 aromatic carbocycles. The van der Waals surface area contributed by atoms with E-state index in [4.69, 9.17) is 0 Å². The number of benzene rings is 2. The molecule has 0 heterocycles.